The normalized spacial score (nSPS) is 14.8. The summed E-state index contributed by atoms with van der Waals surface area (Å²) < 4.78 is 12.8. The maximum Gasteiger partial charge on any atom is 0.296 e. The van der Waals surface area contributed by atoms with Crippen molar-refractivity contribution in [2.24, 2.45) is 0 Å². The molecule has 0 saturated carbocycles. The van der Waals surface area contributed by atoms with Crippen molar-refractivity contribution >= 4 is 38.6 Å². The highest BCUT2D eigenvalue weighted by Gasteiger charge is 2.44. The van der Waals surface area contributed by atoms with Crippen LogP contribution in [0.25, 0.3) is 11.0 Å². The topological polar surface area (TPSA) is 72.6 Å². The van der Waals surface area contributed by atoms with Crippen molar-refractivity contribution in [3.63, 3.8) is 0 Å². The molecule has 6 rings (SSSR count). The fourth-order valence-electron chi connectivity index (χ4n) is 4.37. The van der Waals surface area contributed by atoms with Crippen molar-refractivity contribution in [1.82, 2.24) is 4.98 Å². The molecule has 0 saturated heterocycles. The Morgan fingerprint density at radius 3 is 2.46 bits per heavy atom. The molecule has 5 aromatic rings. The van der Waals surface area contributed by atoms with Crippen LogP contribution in [-0.4, -0.2) is 10.9 Å². The molecule has 7 heteroatoms. The Hall–Kier alpha value is -4.23. The third kappa shape index (κ3) is 3.70. The van der Waals surface area contributed by atoms with Gasteiger partial charge >= 0.3 is 0 Å². The number of hydrogen-bond acceptors (Lipinski definition) is 5. The predicted octanol–water partition coefficient (Wildman–Crippen LogP) is 6.49. The lowest BCUT2D eigenvalue weighted by Gasteiger charge is -2.24. The number of ether oxygens (including phenoxy) is 1. The number of pyridine rings is 1. The van der Waals surface area contributed by atoms with E-state index < -0.39 is 11.9 Å². The molecule has 1 amide bonds. The fraction of sp³-hybridized carbons (Fsp3) is 0.0357. The van der Waals surface area contributed by atoms with Crippen LogP contribution in [0.4, 0.5) is 5.82 Å². The average molecular weight is 525 g/mol. The zero-order chi connectivity index (χ0) is 23.9. The van der Waals surface area contributed by atoms with E-state index in [2.05, 4.69) is 20.9 Å². The Morgan fingerprint density at radius 2 is 1.66 bits per heavy atom. The van der Waals surface area contributed by atoms with Gasteiger partial charge in [-0.1, -0.05) is 52.3 Å². The summed E-state index contributed by atoms with van der Waals surface area (Å²) in [5.41, 5.74) is 1.09. The number of benzene rings is 3. The Morgan fingerprint density at radius 1 is 0.857 bits per heavy atom. The van der Waals surface area contributed by atoms with E-state index in [1.165, 1.54) is 4.90 Å². The summed E-state index contributed by atoms with van der Waals surface area (Å²) in [4.78, 5) is 33.3. The summed E-state index contributed by atoms with van der Waals surface area (Å²) in [5.74, 6) is 1.30. The third-order valence-corrected chi connectivity index (χ3v) is 6.37. The number of aromatic nitrogens is 1. The van der Waals surface area contributed by atoms with Gasteiger partial charge in [-0.2, -0.15) is 0 Å². The van der Waals surface area contributed by atoms with Crippen LogP contribution < -0.4 is 15.1 Å². The molecule has 0 aliphatic carbocycles. The minimum absolute atomic E-state index is 0.0230. The number of halogens is 1. The van der Waals surface area contributed by atoms with Gasteiger partial charge in [0.1, 0.15) is 22.9 Å². The van der Waals surface area contributed by atoms with E-state index in [9.17, 15) is 9.59 Å². The van der Waals surface area contributed by atoms with Crippen LogP contribution in [0.5, 0.6) is 11.5 Å². The number of carbonyl (C=O) groups excluding carboxylic acids is 1. The molecule has 0 fully saturated rings. The molecule has 6 nitrogen and oxygen atoms in total. The second kappa shape index (κ2) is 8.52. The van der Waals surface area contributed by atoms with Crippen LogP contribution >= 0.6 is 15.9 Å². The van der Waals surface area contributed by atoms with Crippen molar-refractivity contribution in [3.05, 3.63) is 129 Å². The molecule has 35 heavy (non-hydrogen) atoms. The number of anilines is 1. The van der Waals surface area contributed by atoms with Gasteiger partial charge in [0.25, 0.3) is 5.91 Å². The smallest absolute Gasteiger partial charge is 0.296 e. The van der Waals surface area contributed by atoms with Crippen LogP contribution in [0, 0.1) is 0 Å². The van der Waals surface area contributed by atoms with Crippen molar-refractivity contribution in [2.75, 3.05) is 4.90 Å². The number of fused-ring (bicyclic) bond motifs is 2. The van der Waals surface area contributed by atoms with Gasteiger partial charge in [-0.3, -0.25) is 14.5 Å². The number of hydrogen-bond donors (Lipinski definition) is 0. The Bertz CT molecular complexity index is 1630. The lowest BCUT2D eigenvalue weighted by molar-refractivity contribution is 0.0970. The molecule has 1 aliphatic rings. The lowest BCUT2D eigenvalue weighted by Crippen LogP contribution is -2.30. The SMILES string of the molecule is O=C1c2oc3ccc(Br)cc3c(=O)c2C(c2cccc(Oc3ccccc3)c2)N1c1ccccn1. The quantitative estimate of drug-likeness (QED) is 0.268. The molecule has 3 aromatic carbocycles. The molecule has 170 valence electrons. The number of carbonyl (C=O) groups is 1. The van der Waals surface area contributed by atoms with Crippen molar-refractivity contribution in [3.8, 4) is 11.5 Å². The lowest BCUT2D eigenvalue weighted by atomic mass is 9.98. The first kappa shape index (κ1) is 21.3. The summed E-state index contributed by atoms with van der Waals surface area (Å²) in [5, 5.41) is 0.399. The van der Waals surface area contributed by atoms with Gasteiger partial charge < -0.3 is 9.15 Å². The molecule has 0 radical (unpaired) electrons. The van der Waals surface area contributed by atoms with E-state index in [4.69, 9.17) is 9.15 Å². The molecule has 1 atom stereocenters. The van der Waals surface area contributed by atoms with E-state index in [1.54, 1.807) is 42.6 Å². The Labute approximate surface area is 208 Å². The maximum atomic E-state index is 13.7. The van der Waals surface area contributed by atoms with Gasteiger partial charge in [0.2, 0.25) is 5.76 Å². The van der Waals surface area contributed by atoms with Gasteiger partial charge in [0.15, 0.2) is 5.43 Å². The standard InChI is InChI=1S/C28H17BrN2O4/c29-18-12-13-22-21(16-18)26(32)24-25(31(28(33)27(24)35-22)23-11-4-5-14-30-23)17-7-6-10-20(15-17)34-19-8-2-1-3-9-19/h1-16,25H. The highest BCUT2D eigenvalue weighted by atomic mass is 79.9. The number of rotatable bonds is 4. The predicted molar refractivity (Wildman–Crippen MR) is 136 cm³/mol. The van der Waals surface area contributed by atoms with Gasteiger partial charge in [0, 0.05) is 10.7 Å². The zero-order valence-electron chi connectivity index (χ0n) is 18.2. The fourth-order valence-corrected chi connectivity index (χ4v) is 4.73. The Balaban J connectivity index is 1.56. The minimum Gasteiger partial charge on any atom is -0.457 e. The Kier molecular flexibility index (Phi) is 5.19. The monoisotopic (exact) mass is 524 g/mol. The second-order valence-electron chi connectivity index (χ2n) is 8.07. The molecule has 1 unspecified atom stereocenters. The summed E-state index contributed by atoms with van der Waals surface area (Å²) in [6.07, 6.45) is 1.61. The van der Waals surface area contributed by atoms with E-state index in [0.717, 1.165) is 4.47 Å². The average Bonchev–Trinajstić information content (AvgIpc) is 3.18. The number of nitrogens with zero attached hydrogens (tertiary/aromatic N) is 2. The molecule has 0 bridgehead atoms. The third-order valence-electron chi connectivity index (χ3n) is 5.88. The van der Waals surface area contributed by atoms with E-state index >= 15 is 0 Å². The van der Waals surface area contributed by atoms with Gasteiger partial charge in [0.05, 0.1) is 17.0 Å². The first-order valence-electron chi connectivity index (χ1n) is 10.9. The van der Waals surface area contributed by atoms with E-state index in [0.29, 0.717) is 33.8 Å². The zero-order valence-corrected chi connectivity index (χ0v) is 19.8. The molecule has 3 heterocycles. The van der Waals surface area contributed by atoms with Crippen LogP contribution in [0.2, 0.25) is 0 Å². The maximum absolute atomic E-state index is 13.7. The highest BCUT2D eigenvalue weighted by Crippen LogP contribution is 2.41. The van der Waals surface area contributed by atoms with Crippen molar-refractivity contribution in [1.29, 1.82) is 0 Å². The molecule has 1 aliphatic heterocycles. The molecular weight excluding hydrogens is 508 g/mol. The molecule has 0 N–H and O–H groups in total. The number of para-hydroxylation sites is 1. The minimum atomic E-state index is -0.730. The van der Waals surface area contributed by atoms with Crippen LogP contribution in [0.15, 0.2) is 111 Å². The van der Waals surface area contributed by atoms with Gasteiger partial charge in [-0.15, -0.1) is 0 Å². The van der Waals surface area contributed by atoms with E-state index in [-0.39, 0.29) is 16.8 Å². The summed E-state index contributed by atoms with van der Waals surface area (Å²) in [6, 6.07) is 26.5. The van der Waals surface area contributed by atoms with Crippen LogP contribution in [0.3, 0.4) is 0 Å². The van der Waals surface area contributed by atoms with Gasteiger partial charge in [-0.05, 0) is 60.2 Å². The molecule has 0 spiro atoms. The number of amides is 1. The summed E-state index contributed by atoms with van der Waals surface area (Å²) in [7, 11) is 0. The van der Waals surface area contributed by atoms with Crippen LogP contribution in [0.1, 0.15) is 27.7 Å². The first-order valence-corrected chi connectivity index (χ1v) is 11.7. The largest absolute Gasteiger partial charge is 0.457 e. The van der Waals surface area contributed by atoms with Crippen LogP contribution in [-0.2, 0) is 0 Å². The summed E-state index contributed by atoms with van der Waals surface area (Å²) >= 11 is 3.42. The first-order chi connectivity index (χ1) is 17.1. The van der Waals surface area contributed by atoms with Gasteiger partial charge in [-0.25, -0.2) is 4.98 Å². The molecule has 2 aromatic heterocycles. The molecular formula is C28H17BrN2O4. The summed E-state index contributed by atoms with van der Waals surface area (Å²) in [6.45, 7) is 0. The second-order valence-corrected chi connectivity index (χ2v) is 8.98. The van der Waals surface area contributed by atoms with Crippen molar-refractivity contribution in [2.45, 2.75) is 6.04 Å². The highest BCUT2D eigenvalue weighted by molar-refractivity contribution is 9.10. The van der Waals surface area contributed by atoms with Crippen molar-refractivity contribution < 1.29 is 13.9 Å². The van der Waals surface area contributed by atoms with E-state index in [1.807, 2.05) is 54.6 Å².